The predicted octanol–water partition coefficient (Wildman–Crippen LogP) is 2.72. The molecular weight excluding hydrogens is 309 g/mol. The number of carbonyl (C=O) groups is 1. The number of hydrogen-bond donors (Lipinski definition) is 1. The van der Waals surface area contributed by atoms with Crippen molar-refractivity contribution in [2.45, 2.75) is 11.8 Å². The third-order valence-electron chi connectivity index (χ3n) is 3.02. The number of hydrogen-bond acceptors (Lipinski definition) is 4. The second-order valence-corrected chi connectivity index (χ2v) is 6.21. The molecule has 1 N–H and O–H groups in total. The zero-order valence-corrected chi connectivity index (χ0v) is 12.8. The molecule has 0 aliphatic rings. The molecule has 2 aromatic rings. The van der Waals surface area contributed by atoms with Gasteiger partial charge in [-0.15, -0.1) is 0 Å². The summed E-state index contributed by atoms with van der Waals surface area (Å²) in [6, 6.07) is 9.58. The van der Waals surface area contributed by atoms with E-state index in [-0.39, 0.29) is 16.1 Å². The molecule has 116 valence electrons. The number of carbonyl (C=O) groups excluding carboxylic acids is 1. The molecule has 5 nitrogen and oxygen atoms in total. The number of halogens is 1. The fraction of sp³-hybridized carbons (Fsp3) is 0.133. The highest BCUT2D eigenvalue weighted by Gasteiger charge is 2.20. The standard InChI is InChI=1S/C15H14FNO4S/c1-10-7-8-11(15(18)21-2)9-14(10)22(19,20)17-13-6-4-3-5-12(13)16/h3-9,17H,1-2H3. The summed E-state index contributed by atoms with van der Waals surface area (Å²) >= 11 is 0. The monoisotopic (exact) mass is 323 g/mol. The summed E-state index contributed by atoms with van der Waals surface area (Å²) in [5, 5.41) is 0. The highest BCUT2D eigenvalue weighted by Crippen LogP contribution is 2.22. The Balaban J connectivity index is 2.45. The molecule has 2 rings (SSSR count). The first-order valence-corrected chi connectivity index (χ1v) is 7.80. The maximum atomic E-state index is 13.6. The molecule has 0 heterocycles. The fourth-order valence-electron chi connectivity index (χ4n) is 1.88. The molecule has 0 bridgehead atoms. The quantitative estimate of drug-likeness (QED) is 0.878. The number of esters is 1. The zero-order valence-electron chi connectivity index (χ0n) is 12.0. The SMILES string of the molecule is COC(=O)c1ccc(C)c(S(=O)(=O)Nc2ccccc2F)c1. The van der Waals surface area contributed by atoms with Gasteiger partial charge in [-0.3, -0.25) is 4.72 Å². The summed E-state index contributed by atoms with van der Waals surface area (Å²) in [5.41, 5.74) is 0.365. The third kappa shape index (κ3) is 3.25. The Hall–Kier alpha value is -2.41. The summed E-state index contributed by atoms with van der Waals surface area (Å²) in [7, 11) is -2.83. The Morgan fingerprint density at radius 3 is 2.50 bits per heavy atom. The zero-order chi connectivity index (χ0) is 16.3. The van der Waals surface area contributed by atoms with Gasteiger partial charge in [-0.05, 0) is 36.8 Å². The van der Waals surface area contributed by atoms with Gasteiger partial charge >= 0.3 is 5.97 Å². The number of nitrogens with one attached hydrogen (secondary N) is 1. The van der Waals surface area contributed by atoms with E-state index in [4.69, 9.17) is 0 Å². The van der Waals surface area contributed by atoms with Crippen LogP contribution in [0.2, 0.25) is 0 Å². The van der Waals surface area contributed by atoms with Crippen molar-refractivity contribution in [2.75, 3.05) is 11.8 Å². The second-order valence-electron chi connectivity index (χ2n) is 4.56. The number of para-hydroxylation sites is 1. The molecule has 22 heavy (non-hydrogen) atoms. The fourth-order valence-corrected chi connectivity index (χ4v) is 3.22. The molecule has 0 saturated heterocycles. The number of rotatable bonds is 4. The van der Waals surface area contributed by atoms with Gasteiger partial charge in [0.25, 0.3) is 10.0 Å². The van der Waals surface area contributed by atoms with E-state index in [1.165, 1.54) is 43.5 Å². The molecule has 0 aliphatic heterocycles. The lowest BCUT2D eigenvalue weighted by atomic mass is 10.1. The van der Waals surface area contributed by atoms with Crippen molar-refractivity contribution in [3.63, 3.8) is 0 Å². The van der Waals surface area contributed by atoms with Crippen LogP contribution in [-0.2, 0) is 14.8 Å². The van der Waals surface area contributed by atoms with Crippen LogP contribution in [0.25, 0.3) is 0 Å². The van der Waals surface area contributed by atoms with Crippen molar-refractivity contribution in [1.29, 1.82) is 0 Å². The Bertz CT molecular complexity index is 818. The summed E-state index contributed by atoms with van der Waals surface area (Å²) in [4.78, 5) is 11.4. The van der Waals surface area contributed by atoms with Crippen molar-refractivity contribution in [3.8, 4) is 0 Å². The van der Waals surface area contributed by atoms with Crippen molar-refractivity contribution >= 4 is 21.7 Å². The van der Waals surface area contributed by atoms with E-state index < -0.39 is 21.8 Å². The number of anilines is 1. The van der Waals surface area contributed by atoms with Crippen LogP contribution in [0.1, 0.15) is 15.9 Å². The minimum atomic E-state index is -4.03. The molecule has 0 unspecified atom stereocenters. The van der Waals surface area contributed by atoms with Crippen molar-refractivity contribution in [3.05, 3.63) is 59.4 Å². The average Bonchev–Trinajstić information content (AvgIpc) is 2.49. The number of sulfonamides is 1. The van der Waals surface area contributed by atoms with E-state index >= 15 is 0 Å². The van der Waals surface area contributed by atoms with Crippen LogP contribution in [0.15, 0.2) is 47.4 Å². The molecule has 0 spiro atoms. The minimum absolute atomic E-state index is 0.0991. The third-order valence-corrected chi connectivity index (χ3v) is 4.52. The summed E-state index contributed by atoms with van der Waals surface area (Å²) < 4.78 is 45.2. The largest absolute Gasteiger partial charge is 0.465 e. The van der Waals surface area contributed by atoms with Crippen LogP contribution in [0.5, 0.6) is 0 Å². The van der Waals surface area contributed by atoms with Crippen LogP contribution >= 0.6 is 0 Å². The first kappa shape index (κ1) is 16.0. The van der Waals surface area contributed by atoms with Crippen LogP contribution in [0, 0.1) is 12.7 Å². The maximum Gasteiger partial charge on any atom is 0.337 e. The highest BCUT2D eigenvalue weighted by molar-refractivity contribution is 7.92. The van der Waals surface area contributed by atoms with Crippen molar-refractivity contribution in [1.82, 2.24) is 0 Å². The van der Waals surface area contributed by atoms with Gasteiger partial charge in [0.15, 0.2) is 0 Å². The van der Waals surface area contributed by atoms with E-state index in [2.05, 4.69) is 9.46 Å². The van der Waals surface area contributed by atoms with Crippen LogP contribution < -0.4 is 4.72 Å². The Morgan fingerprint density at radius 2 is 1.86 bits per heavy atom. The Kier molecular flexibility index (Phi) is 4.46. The average molecular weight is 323 g/mol. The van der Waals surface area contributed by atoms with Gasteiger partial charge in [-0.1, -0.05) is 18.2 Å². The summed E-state index contributed by atoms with van der Waals surface area (Å²) in [5.74, 6) is -1.34. The molecule has 0 radical (unpaired) electrons. The van der Waals surface area contributed by atoms with Crippen LogP contribution in [0.3, 0.4) is 0 Å². The van der Waals surface area contributed by atoms with Crippen LogP contribution in [0.4, 0.5) is 10.1 Å². The molecule has 0 fully saturated rings. The van der Waals surface area contributed by atoms with Gasteiger partial charge in [-0.2, -0.15) is 0 Å². The lowest BCUT2D eigenvalue weighted by Crippen LogP contribution is -2.16. The smallest absolute Gasteiger partial charge is 0.337 e. The lowest BCUT2D eigenvalue weighted by molar-refractivity contribution is 0.0600. The van der Waals surface area contributed by atoms with E-state index in [1.54, 1.807) is 6.92 Å². The molecule has 0 amide bonds. The van der Waals surface area contributed by atoms with Crippen molar-refractivity contribution < 1.29 is 22.3 Å². The Labute approximate surface area is 127 Å². The number of methoxy groups -OCH3 is 1. The van der Waals surface area contributed by atoms with Gasteiger partial charge in [-0.25, -0.2) is 17.6 Å². The maximum absolute atomic E-state index is 13.6. The van der Waals surface area contributed by atoms with Gasteiger partial charge in [0.2, 0.25) is 0 Å². The van der Waals surface area contributed by atoms with Crippen molar-refractivity contribution in [2.24, 2.45) is 0 Å². The number of ether oxygens (including phenoxy) is 1. The Morgan fingerprint density at radius 1 is 1.18 bits per heavy atom. The molecule has 2 aromatic carbocycles. The van der Waals surface area contributed by atoms with E-state index in [0.29, 0.717) is 5.56 Å². The number of aryl methyl sites for hydroxylation is 1. The molecule has 7 heteroatoms. The van der Waals surface area contributed by atoms with Gasteiger partial charge in [0, 0.05) is 0 Å². The molecular formula is C15H14FNO4S. The van der Waals surface area contributed by atoms with Gasteiger partial charge < -0.3 is 4.74 Å². The molecule has 0 aliphatic carbocycles. The minimum Gasteiger partial charge on any atom is -0.465 e. The number of benzene rings is 2. The summed E-state index contributed by atoms with van der Waals surface area (Å²) in [6.45, 7) is 1.58. The predicted molar refractivity (Wildman–Crippen MR) is 79.7 cm³/mol. The van der Waals surface area contributed by atoms with E-state index in [0.717, 1.165) is 6.07 Å². The first-order valence-electron chi connectivity index (χ1n) is 6.31. The molecule has 0 atom stereocenters. The summed E-state index contributed by atoms with van der Waals surface area (Å²) in [6.07, 6.45) is 0. The lowest BCUT2D eigenvalue weighted by Gasteiger charge is -2.12. The van der Waals surface area contributed by atoms with Gasteiger partial charge in [0.1, 0.15) is 5.82 Å². The van der Waals surface area contributed by atoms with E-state index in [9.17, 15) is 17.6 Å². The van der Waals surface area contributed by atoms with E-state index in [1.807, 2.05) is 0 Å². The van der Waals surface area contributed by atoms with Crippen LogP contribution in [-0.4, -0.2) is 21.5 Å². The topological polar surface area (TPSA) is 72.5 Å². The normalized spacial score (nSPS) is 11.0. The highest BCUT2D eigenvalue weighted by atomic mass is 32.2. The van der Waals surface area contributed by atoms with Gasteiger partial charge in [0.05, 0.1) is 23.3 Å². The molecule has 0 saturated carbocycles. The molecule has 0 aromatic heterocycles. The second kappa shape index (κ2) is 6.15. The first-order chi connectivity index (χ1) is 10.3.